The predicted octanol–water partition coefficient (Wildman–Crippen LogP) is 4.88. The van der Waals surface area contributed by atoms with Gasteiger partial charge in [-0.15, -0.1) is 0 Å². The number of esters is 1. The number of nitrogens with zero attached hydrogens (tertiary/aromatic N) is 3. The highest BCUT2D eigenvalue weighted by Gasteiger charge is 2.35. The number of benzene rings is 2. The van der Waals surface area contributed by atoms with Crippen LogP contribution in [0.2, 0.25) is 0 Å². The molecule has 1 aliphatic heterocycles. The van der Waals surface area contributed by atoms with Gasteiger partial charge in [0.2, 0.25) is 0 Å². The van der Waals surface area contributed by atoms with E-state index >= 15 is 0 Å². The third-order valence-corrected chi connectivity index (χ3v) is 7.47. The van der Waals surface area contributed by atoms with Crippen LogP contribution in [0, 0.1) is 6.92 Å². The zero-order valence-electron chi connectivity index (χ0n) is 22.7. The summed E-state index contributed by atoms with van der Waals surface area (Å²) in [5.41, 5.74) is 3.92. The first kappa shape index (κ1) is 29.5. The molecule has 1 aliphatic rings. The Morgan fingerprint density at radius 1 is 1.12 bits per heavy atom. The third-order valence-electron chi connectivity index (χ3n) is 7.47. The molecule has 3 aromatic rings. The van der Waals surface area contributed by atoms with Crippen LogP contribution in [-0.2, 0) is 46.2 Å². The first-order valence-electron chi connectivity index (χ1n) is 13.4. The summed E-state index contributed by atoms with van der Waals surface area (Å²) in [6.07, 6.45) is -0.237. The Balaban J connectivity index is 1.50. The minimum atomic E-state index is -4.57. The van der Waals surface area contributed by atoms with E-state index in [0.29, 0.717) is 24.6 Å². The van der Waals surface area contributed by atoms with Crippen molar-refractivity contribution in [3.63, 3.8) is 0 Å². The number of alkyl halides is 3. The number of hydrogen-bond acceptors (Lipinski definition) is 6. The minimum absolute atomic E-state index is 0.0550. The number of ether oxygens (including phenoxy) is 1. The number of hydrogen-bond donors (Lipinski definition) is 0. The molecule has 0 N–H and O–H groups in total. The van der Waals surface area contributed by atoms with Gasteiger partial charge in [0.15, 0.2) is 0 Å². The van der Waals surface area contributed by atoms with Gasteiger partial charge in [-0.2, -0.15) is 13.2 Å². The van der Waals surface area contributed by atoms with Gasteiger partial charge in [-0.05, 0) is 79.4 Å². The molecule has 6 nitrogen and oxygen atoms in total. The molecule has 1 aromatic heterocycles. The molecule has 1 saturated heterocycles. The maximum atomic E-state index is 13.8. The summed E-state index contributed by atoms with van der Waals surface area (Å²) in [4.78, 5) is 33.0. The van der Waals surface area contributed by atoms with E-state index in [4.69, 9.17) is 4.74 Å². The number of aryl methyl sites for hydroxylation is 3. The molecule has 0 spiro atoms. The van der Waals surface area contributed by atoms with Crippen LogP contribution in [0.25, 0.3) is 0 Å². The lowest BCUT2D eigenvalue weighted by Gasteiger charge is -2.31. The fourth-order valence-electron chi connectivity index (χ4n) is 5.36. The average molecular weight is 550 g/mol. The first-order valence-corrected chi connectivity index (χ1v) is 13.4. The van der Waals surface area contributed by atoms with Gasteiger partial charge >= 0.3 is 12.1 Å². The summed E-state index contributed by atoms with van der Waals surface area (Å²) >= 11 is 0. The molecule has 0 atom stereocenters. The highest BCUT2D eigenvalue weighted by atomic mass is 19.4. The Hall–Kier alpha value is -3.53. The fraction of sp³-hybridized carbons (Fsp3) is 0.400. The molecule has 2 aromatic carbocycles. The van der Waals surface area contributed by atoms with Crippen LogP contribution >= 0.6 is 0 Å². The van der Waals surface area contributed by atoms with Gasteiger partial charge in [-0.25, -0.2) is 9.97 Å². The minimum Gasteiger partial charge on any atom is -0.469 e. The van der Waals surface area contributed by atoms with Crippen molar-refractivity contribution in [2.24, 2.45) is 0 Å². The highest BCUT2D eigenvalue weighted by Crippen LogP contribution is 2.33. The van der Waals surface area contributed by atoms with Crippen molar-refractivity contribution >= 4 is 19.6 Å². The van der Waals surface area contributed by atoms with Gasteiger partial charge in [-0.1, -0.05) is 42.5 Å². The Morgan fingerprint density at radius 3 is 2.50 bits per heavy atom. The van der Waals surface area contributed by atoms with Crippen LogP contribution in [0.5, 0.6) is 0 Å². The van der Waals surface area contributed by atoms with Crippen LogP contribution in [0.1, 0.15) is 63.7 Å². The topological polar surface area (TPSA) is 72.4 Å². The molecule has 4 rings (SSSR count). The van der Waals surface area contributed by atoms with E-state index in [1.54, 1.807) is 25.6 Å². The van der Waals surface area contributed by atoms with Crippen LogP contribution in [-0.4, -0.2) is 54.5 Å². The molecule has 0 amide bonds. The van der Waals surface area contributed by atoms with Crippen molar-refractivity contribution in [1.82, 2.24) is 14.8 Å². The highest BCUT2D eigenvalue weighted by molar-refractivity contribution is 6.64. The monoisotopic (exact) mass is 550 g/mol. The second-order valence-electron chi connectivity index (χ2n) is 10.1. The van der Waals surface area contributed by atoms with E-state index in [2.05, 4.69) is 22.1 Å². The van der Waals surface area contributed by atoms with Crippen molar-refractivity contribution in [3.05, 3.63) is 93.6 Å². The van der Waals surface area contributed by atoms with Crippen molar-refractivity contribution < 1.29 is 27.5 Å². The molecule has 0 saturated carbocycles. The number of halogens is 3. The molecule has 0 aliphatic carbocycles. The van der Waals surface area contributed by atoms with Gasteiger partial charge in [0.1, 0.15) is 5.82 Å². The van der Waals surface area contributed by atoms with E-state index in [-0.39, 0.29) is 18.5 Å². The first-order chi connectivity index (χ1) is 19.2. The quantitative estimate of drug-likeness (QED) is 0.204. The van der Waals surface area contributed by atoms with E-state index in [9.17, 15) is 22.8 Å². The lowest BCUT2D eigenvalue weighted by atomic mass is 9.82. The maximum absolute atomic E-state index is 13.8. The van der Waals surface area contributed by atoms with Crippen LogP contribution in [0.4, 0.5) is 13.2 Å². The van der Waals surface area contributed by atoms with Crippen LogP contribution in [0.3, 0.4) is 0 Å². The molecular formula is C30H32BF3N3O3. The van der Waals surface area contributed by atoms with Crippen molar-refractivity contribution in [1.29, 1.82) is 0 Å². The molecule has 2 heterocycles. The maximum Gasteiger partial charge on any atom is 0.419 e. The molecule has 40 heavy (non-hydrogen) atoms. The van der Waals surface area contributed by atoms with Crippen LogP contribution in [0.15, 0.2) is 48.7 Å². The summed E-state index contributed by atoms with van der Waals surface area (Å²) in [5.74, 6) is 0.327. The molecule has 1 radical (unpaired) electrons. The zero-order chi connectivity index (χ0) is 28.7. The van der Waals surface area contributed by atoms with E-state index in [1.165, 1.54) is 12.7 Å². The molecule has 209 valence electrons. The Bertz CT molecular complexity index is 1340. The lowest BCUT2D eigenvalue weighted by Crippen LogP contribution is -2.36. The molecule has 1 fully saturated rings. The second kappa shape index (κ2) is 13.2. The smallest absolute Gasteiger partial charge is 0.419 e. The average Bonchev–Trinajstić information content (AvgIpc) is 2.93. The molecule has 0 bridgehead atoms. The van der Waals surface area contributed by atoms with Gasteiger partial charge in [0, 0.05) is 12.6 Å². The molecule has 10 heteroatoms. The number of aromatic nitrogens is 2. The largest absolute Gasteiger partial charge is 0.469 e. The van der Waals surface area contributed by atoms with Crippen molar-refractivity contribution in [2.75, 3.05) is 20.2 Å². The van der Waals surface area contributed by atoms with Gasteiger partial charge in [0.25, 0.3) is 7.41 Å². The van der Waals surface area contributed by atoms with Crippen molar-refractivity contribution in [2.45, 2.75) is 57.5 Å². The van der Waals surface area contributed by atoms with Gasteiger partial charge < -0.3 is 14.3 Å². The van der Waals surface area contributed by atoms with Crippen molar-refractivity contribution in [3.8, 4) is 0 Å². The standard InChI is InChI=1S/C30H32BF3N3O3/c1-20-15-21(7-9-25(20)23-11-13-37(14-12-23)31-19-38)16-28-35-18-26(30(32,33)34)27(36-28)10-8-22-5-3-4-6-24(22)17-29(39)40-2/h3-7,9,15,18-19,23H,8,10-14,16-17H2,1-2H3. The molecular weight excluding hydrogens is 518 g/mol. The predicted molar refractivity (Wildman–Crippen MR) is 147 cm³/mol. The van der Waals surface area contributed by atoms with Crippen LogP contribution < -0.4 is 0 Å². The zero-order valence-corrected chi connectivity index (χ0v) is 22.7. The number of rotatable bonds is 10. The summed E-state index contributed by atoms with van der Waals surface area (Å²) in [7, 11) is 2.89. The Morgan fingerprint density at radius 2 is 1.85 bits per heavy atom. The Labute approximate surface area is 233 Å². The summed E-state index contributed by atoms with van der Waals surface area (Å²) < 4.78 is 46.2. The third kappa shape index (κ3) is 7.56. The summed E-state index contributed by atoms with van der Waals surface area (Å²) in [6.45, 7) is 3.72. The number of piperidine rings is 1. The normalized spacial score (nSPS) is 14.6. The second-order valence-corrected chi connectivity index (χ2v) is 10.1. The SMILES string of the molecule is COC(=O)Cc1ccccc1CCc1nc(Cc2ccc(C3CCN([B]C=O)CC3)c(C)c2)ncc1C(F)(F)F. The van der Waals surface area contributed by atoms with E-state index in [0.717, 1.165) is 60.6 Å². The summed E-state index contributed by atoms with van der Waals surface area (Å²) in [5, 5.41) is 0. The number of methoxy groups -OCH3 is 1. The van der Waals surface area contributed by atoms with Gasteiger partial charge in [-0.3, -0.25) is 4.79 Å². The lowest BCUT2D eigenvalue weighted by molar-refractivity contribution is -0.140. The van der Waals surface area contributed by atoms with E-state index < -0.39 is 17.7 Å². The summed E-state index contributed by atoms with van der Waals surface area (Å²) in [6, 6.07) is 13.3. The van der Waals surface area contributed by atoms with E-state index in [1.807, 2.05) is 23.9 Å². The molecule has 0 unspecified atom stereocenters. The number of carbonyl (C=O) groups is 2. The fourth-order valence-corrected chi connectivity index (χ4v) is 5.36. The number of carbonyl (C=O) groups excluding carboxylic acids is 2. The van der Waals surface area contributed by atoms with Gasteiger partial charge in [0.05, 0.1) is 31.0 Å². The Kier molecular flexibility index (Phi) is 9.74.